The van der Waals surface area contributed by atoms with Crippen LogP contribution < -0.4 is 9.47 Å². The second kappa shape index (κ2) is 5.19. The number of hydrogen-bond acceptors (Lipinski definition) is 4. The molecule has 1 unspecified atom stereocenters. The number of Topliss-reactive ketones (excluding diaryl/α,β-unsaturated/α-hetero) is 1. The van der Waals surface area contributed by atoms with Gasteiger partial charge in [-0.15, -0.1) is 0 Å². The second-order valence-electron chi connectivity index (χ2n) is 3.96. The van der Waals surface area contributed by atoms with Crippen molar-refractivity contribution in [3.8, 4) is 11.5 Å². The van der Waals surface area contributed by atoms with E-state index in [4.69, 9.17) is 14.2 Å². The van der Waals surface area contributed by atoms with Crippen LogP contribution in [0, 0.1) is 0 Å². The molecule has 1 atom stereocenters. The third-order valence-electron chi connectivity index (χ3n) is 2.98. The highest BCUT2D eigenvalue weighted by Crippen LogP contribution is 2.32. The number of methoxy groups -OCH3 is 2. The summed E-state index contributed by atoms with van der Waals surface area (Å²) in [5.74, 6) is 1.36. The van der Waals surface area contributed by atoms with E-state index in [1.54, 1.807) is 14.2 Å². The summed E-state index contributed by atoms with van der Waals surface area (Å²) < 4.78 is 15.7. The summed E-state index contributed by atoms with van der Waals surface area (Å²) in [5.41, 5.74) is 0.923. The van der Waals surface area contributed by atoms with Gasteiger partial charge in [-0.1, -0.05) is 6.07 Å². The Balaban J connectivity index is 2.29. The first kappa shape index (κ1) is 11.9. The van der Waals surface area contributed by atoms with E-state index in [2.05, 4.69) is 0 Å². The van der Waals surface area contributed by atoms with Crippen LogP contribution in [0.15, 0.2) is 18.2 Å². The van der Waals surface area contributed by atoms with E-state index < -0.39 is 0 Å². The lowest BCUT2D eigenvalue weighted by Crippen LogP contribution is -2.25. The molecule has 4 heteroatoms. The number of rotatable bonds is 3. The Kier molecular flexibility index (Phi) is 3.64. The first-order valence-corrected chi connectivity index (χ1v) is 5.58. The van der Waals surface area contributed by atoms with Crippen LogP contribution in [0.3, 0.4) is 0 Å². The minimum Gasteiger partial charge on any atom is -0.493 e. The van der Waals surface area contributed by atoms with E-state index in [1.165, 1.54) is 0 Å². The second-order valence-corrected chi connectivity index (χ2v) is 3.96. The number of carbonyl (C=O) groups is 1. The zero-order valence-electron chi connectivity index (χ0n) is 10.1. The molecule has 1 aliphatic heterocycles. The predicted octanol–water partition coefficient (Wildman–Crippen LogP) is 1.78. The van der Waals surface area contributed by atoms with Crippen molar-refractivity contribution in [1.82, 2.24) is 0 Å². The lowest BCUT2D eigenvalue weighted by molar-refractivity contribution is -0.126. The predicted molar refractivity (Wildman–Crippen MR) is 62.7 cm³/mol. The Morgan fingerprint density at radius 3 is 2.65 bits per heavy atom. The minimum atomic E-state index is -0.177. The molecule has 1 fully saturated rings. The van der Waals surface area contributed by atoms with Crippen LogP contribution in [-0.4, -0.2) is 33.2 Å². The molecule has 92 valence electrons. The Labute approximate surface area is 100 Å². The average molecular weight is 236 g/mol. The van der Waals surface area contributed by atoms with Crippen LogP contribution >= 0.6 is 0 Å². The van der Waals surface area contributed by atoms with Gasteiger partial charge >= 0.3 is 0 Å². The molecule has 1 saturated heterocycles. The van der Waals surface area contributed by atoms with Gasteiger partial charge in [0, 0.05) is 6.42 Å². The van der Waals surface area contributed by atoms with Crippen LogP contribution in [0.1, 0.15) is 17.9 Å². The van der Waals surface area contributed by atoms with Gasteiger partial charge in [-0.2, -0.15) is 0 Å². The number of ether oxygens (including phenoxy) is 3. The molecule has 0 amide bonds. The van der Waals surface area contributed by atoms with Crippen molar-refractivity contribution >= 4 is 5.78 Å². The average Bonchev–Trinajstić information content (AvgIpc) is 2.38. The maximum absolute atomic E-state index is 11.8. The van der Waals surface area contributed by atoms with Gasteiger partial charge in [0.15, 0.2) is 11.5 Å². The molecule has 0 spiro atoms. The van der Waals surface area contributed by atoms with Gasteiger partial charge in [0.2, 0.25) is 0 Å². The fourth-order valence-electron chi connectivity index (χ4n) is 1.99. The van der Waals surface area contributed by atoms with Crippen molar-refractivity contribution in [3.63, 3.8) is 0 Å². The minimum absolute atomic E-state index is 0.177. The monoisotopic (exact) mass is 236 g/mol. The molecular weight excluding hydrogens is 220 g/mol. The SMILES string of the molecule is COc1ccc(C2COCCC2=O)cc1OC. The highest BCUT2D eigenvalue weighted by Gasteiger charge is 2.25. The van der Waals surface area contributed by atoms with Crippen LogP contribution in [0.4, 0.5) is 0 Å². The van der Waals surface area contributed by atoms with Gasteiger partial charge < -0.3 is 14.2 Å². The van der Waals surface area contributed by atoms with E-state index >= 15 is 0 Å². The summed E-state index contributed by atoms with van der Waals surface area (Å²) in [7, 11) is 3.17. The molecule has 0 N–H and O–H groups in total. The Morgan fingerprint density at radius 1 is 1.24 bits per heavy atom. The first-order valence-electron chi connectivity index (χ1n) is 5.58. The lowest BCUT2D eigenvalue weighted by atomic mass is 9.92. The largest absolute Gasteiger partial charge is 0.493 e. The maximum Gasteiger partial charge on any atom is 0.161 e. The number of carbonyl (C=O) groups excluding carboxylic acids is 1. The summed E-state index contributed by atoms with van der Waals surface area (Å²) >= 11 is 0. The zero-order chi connectivity index (χ0) is 12.3. The molecule has 0 bridgehead atoms. The van der Waals surface area contributed by atoms with E-state index in [9.17, 15) is 4.79 Å². The first-order chi connectivity index (χ1) is 8.26. The summed E-state index contributed by atoms with van der Waals surface area (Å²) in [5, 5.41) is 0. The van der Waals surface area contributed by atoms with Crippen LogP contribution in [-0.2, 0) is 9.53 Å². The summed E-state index contributed by atoms with van der Waals surface area (Å²) in [6, 6.07) is 5.55. The summed E-state index contributed by atoms with van der Waals surface area (Å²) in [4.78, 5) is 11.8. The topological polar surface area (TPSA) is 44.8 Å². The molecule has 1 aromatic rings. The lowest BCUT2D eigenvalue weighted by Gasteiger charge is -2.22. The Hall–Kier alpha value is -1.55. The number of hydrogen-bond donors (Lipinski definition) is 0. The molecule has 0 saturated carbocycles. The normalized spacial score (nSPS) is 20.1. The van der Waals surface area contributed by atoms with Crippen LogP contribution in [0.2, 0.25) is 0 Å². The quantitative estimate of drug-likeness (QED) is 0.802. The van der Waals surface area contributed by atoms with Crippen LogP contribution in [0.5, 0.6) is 11.5 Å². The molecule has 0 aliphatic carbocycles. The maximum atomic E-state index is 11.8. The van der Waals surface area contributed by atoms with E-state index in [0.717, 1.165) is 5.56 Å². The van der Waals surface area contributed by atoms with Gasteiger partial charge in [-0.3, -0.25) is 4.79 Å². The summed E-state index contributed by atoms with van der Waals surface area (Å²) in [6.45, 7) is 0.983. The van der Waals surface area contributed by atoms with E-state index in [0.29, 0.717) is 31.1 Å². The molecule has 4 nitrogen and oxygen atoms in total. The van der Waals surface area contributed by atoms with Crippen molar-refractivity contribution in [2.75, 3.05) is 27.4 Å². The van der Waals surface area contributed by atoms with Crippen molar-refractivity contribution in [3.05, 3.63) is 23.8 Å². The van der Waals surface area contributed by atoms with Gasteiger partial charge in [-0.05, 0) is 17.7 Å². The number of ketones is 1. The molecular formula is C13H16O4. The Bertz CT molecular complexity index is 414. The highest BCUT2D eigenvalue weighted by molar-refractivity contribution is 5.86. The molecule has 1 aromatic carbocycles. The van der Waals surface area contributed by atoms with Gasteiger partial charge in [-0.25, -0.2) is 0 Å². The van der Waals surface area contributed by atoms with Gasteiger partial charge in [0.1, 0.15) is 5.78 Å². The fraction of sp³-hybridized carbons (Fsp3) is 0.462. The van der Waals surface area contributed by atoms with Gasteiger partial charge in [0.05, 0.1) is 33.4 Å². The third-order valence-corrected chi connectivity index (χ3v) is 2.98. The van der Waals surface area contributed by atoms with Crippen molar-refractivity contribution in [1.29, 1.82) is 0 Å². The number of benzene rings is 1. The van der Waals surface area contributed by atoms with E-state index in [1.807, 2.05) is 18.2 Å². The molecule has 1 aliphatic rings. The van der Waals surface area contributed by atoms with Gasteiger partial charge in [0.25, 0.3) is 0 Å². The zero-order valence-corrected chi connectivity index (χ0v) is 10.1. The molecule has 0 aromatic heterocycles. The van der Waals surface area contributed by atoms with Crippen molar-refractivity contribution in [2.45, 2.75) is 12.3 Å². The molecule has 0 radical (unpaired) electrons. The molecule has 1 heterocycles. The fourth-order valence-corrected chi connectivity index (χ4v) is 1.99. The molecule has 2 rings (SSSR count). The van der Waals surface area contributed by atoms with Crippen molar-refractivity contribution < 1.29 is 19.0 Å². The van der Waals surface area contributed by atoms with E-state index in [-0.39, 0.29) is 11.7 Å². The highest BCUT2D eigenvalue weighted by atomic mass is 16.5. The molecule has 17 heavy (non-hydrogen) atoms. The van der Waals surface area contributed by atoms with Crippen molar-refractivity contribution in [2.24, 2.45) is 0 Å². The summed E-state index contributed by atoms with van der Waals surface area (Å²) in [6.07, 6.45) is 0.485. The smallest absolute Gasteiger partial charge is 0.161 e. The Morgan fingerprint density at radius 2 is 2.00 bits per heavy atom. The third kappa shape index (κ3) is 2.42. The standard InChI is InChI=1S/C13H16O4/c1-15-12-4-3-9(7-13(12)16-2)10-8-17-6-5-11(10)14/h3-4,7,10H,5-6,8H2,1-2H3. The van der Waals surface area contributed by atoms with Crippen LogP contribution in [0.25, 0.3) is 0 Å².